The molecule has 0 saturated carbocycles. The van der Waals surface area contributed by atoms with Crippen LogP contribution in [0.4, 0.5) is 0 Å². The third-order valence-corrected chi connectivity index (χ3v) is 4.57. The maximum absolute atomic E-state index is 12.4. The van der Waals surface area contributed by atoms with Gasteiger partial charge >= 0.3 is 5.97 Å². The second kappa shape index (κ2) is 7.54. The monoisotopic (exact) mass is 369 g/mol. The van der Waals surface area contributed by atoms with Gasteiger partial charge in [-0.3, -0.25) is 14.5 Å². The largest absolute Gasteiger partial charge is 0.502 e. The van der Waals surface area contributed by atoms with E-state index in [2.05, 4.69) is 4.74 Å². The van der Waals surface area contributed by atoms with E-state index >= 15 is 0 Å². The predicted octanol–water partition coefficient (Wildman–Crippen LogP) is 1.78. The third kappa shape index (κ3) is 3.62. The van der Waals surface area contributed by atoms with Gasteiger partial charge in [0.1, 0.15) is 10.9 Å². The smallest absolute Gasteiger partial charge is 0.325 e. The summed E-state index contributed by atoms with van der Waals surface area (Å²) in [4.78, 5) is 25.3. The molecule has 0 aromatic heterocycles. The van der Waals surface area contributed by atoms with Crippen LogP contribution < -0.4 is 9.47 Å². The van der Waals surface area contributed by atoms with Crippen LogP contribution in [0.25, 0.3) is 6.08 Å². The van der Waals surface area contributed by atoms with E-state index in [-0.39, 0.29) is 34.0 Å². The second-order valence-electron chi connectivity index (χ2n) is 4.62. The fraction of sp³-hybridized carbons (Fsp3) is 0.267. The first-order valence-electron chi connectivity index (χ1n) is 6.68. The van der Waals surface area contributed by atoms with E-state index in [1.807, 2.05) is 0 Å². The predicted molar refractivity (Wildman–Crippen MR) is 93.1 cm³/mol. The summed E-state index contributed by atoms with van der Waals surface area (Å²) < 4.78 is 15.0. The minimum Gasteiger partial charge on any atom is -0.502 e. The zero-order chi connectivity index (χ0) is 17.9. The molecule has 0 spiro atoms. The Bertz CT molecular complexity index is 706. The van der Waals surface area contributed by atoms with Gasteiger partial charge in [-0.15, -0.1) is 0 Å². The number of phenols is 1. The first-order chi connectivity index (χ1) is 11.4. The lowest BCUT2D eigenvalue weighted by Gasteiger charge is -2.12. The van der Waals surface area contributed by atoms with Crippen molar-refractivity contribution in [1.82, 2.24) is 4.90 Å². The average Bonchev–Trinajstić information content (AvgIpc) is 2.83. The van der Waals surface area contributed by atoms with Gasteiger partial charge in [0.25, 0.3) is 5.91 Å². The van der Waals surface area contributed by atoms with Gasteiger partial charge in [0.05, 0.1) is 26.2 Å². The number of phenolic OH excluding ortho intramolecular Hbond substituents is 1. The molecule has 128 valence electrons. The van der Waals surface area contributed by atoms with Crippen LogP contribution in [0.2, 0.25) is 0 Å². The Labute approximate surface area is 148 Å². The highest BCUT2D eigenvalue weighted by Gasteiger charge is 2.33. The molecule has 7 nitrogen and oxygen atoms in total. The van der Waals surface area contributed by atoms with Crippen molar-refractivity contribution in [2.24, 2.45) is 0 Å². The molecule has 1 aliphatic heterocycles. The molecule has 2 rings (SSSR count). The summed E-state index contributed by atoms with van der Waals surface area (Å²) >= 11 is 6.20. The van der Waals surface area contributed by atoms with E-state index in [0.29, 0.717) is 10.5 Å². The molecule has 0 unspecified atom stereocenters. The second-order valence-corrected chi connectivity index (χ2v) is 6.29. The maximum atomic E-state index is 12.4. The number of rotatable bonds is 5. The van der Waals surface area contributed by atoms with Crippen molar-refractivity contribution in [3.63, 3.8) is 0 Å². The summed E-state index contributed by atoms with van der Waals surface area (Å²) in [6.45, 7) is -0.235. The highest BCUT2D eigenvalue weighted by atomic mass is 32.2. The van der Waals surface area contributed by atoms with E-state index in [4.69, 9.17) is 21.7 Å². The average molecular weight is 369 g/mol. The van der Waals surface area contributed by atoms with Crippen LogP contribution in [-0.2, 0) is 14.3 Å². The summed E-state index contributed by atoms with van der Waals surface area (Å²) in [6.07, 6.45) is 1.58. The number of methoxy groups -OCH3 is 3. The number of hydrogen-bond acceptors (Lipinski definition) is 8. The van der Waals surface area contributed by atoms with Gasteiger partial charge in [-0.05, 0) is 23.8 Å². The van der Waals surface area contributed by atoms with Crippen molar-refractivity contribution < 1.29 is 28.9 Å². The Hall–Kier alpha value is -2.26. The molecule has 1 N–H and O–H groups in total. The lowest BCUT2D eigenvalue weighted by Crippen LogP contribution is -2.33. The zero-order valence-electron chi connectivity index (χ0n) is 13.2. The van der Waals surface area contributed by atoms with E-state index < -0.39 is 5.97 Å². The van der Waals surface area contributed by atoms with E-state index in [0.717, 1.165) is 11.8 Å². The van der Waals surface area contributed by atoms with Gasteiger partial charge in [-0.25, -0.2) is 0 Å². The number of hydrogen-bond donors (Lipinski definition) is 1. The summed E-state index contributed by atoms with van der Waals surface area (Å²) in [5.41, 5.74) is 0.583. The van der Waals surface area contributed by atoms with Gasteiger partial charge in [0.2, 0.25) is 5.75 Å². The summed E-state index contributed by atoms with van der Waals surface area (Å²) in [7, 11) is 4.06. The molecule has 1 aromatic carbocycles. The number of nitrogens with zero attached hydrogens (tertiary/aromatic N) is 1. The SMILES string of the molecule is COC(=O)CN1C(=O)/C(=C/c2cc(OC)c(O)c(OC)c2)SC1=S. The number of thioether (sulfide) groups is 1. The van der Waals surface area contributed by atoms with Gasteiger partial charge < -0.3 is 19.3 Å². The molecule has 0 radical (unpaired) electrons. The molecule has 0 aliphatic carbocycles. The van der Waals surface area contributed by atoms with E-state index in [1.54, 1.807) is 18.2 Å². The van der Waals surface area contributed by atoms with Crippen molar-refractivity contribution in [2.45, 2.75) is 0 Å². The van der Waals surface area contributed by atoms with Crippen molar-refractivity contribution in [2.75, 3.05) is 27.9 Å². The molecular formula is C15H15NO6S2. The van der Waals surface area contributed by atoms with Crippen molar-refractivity contribution >= 4 is 46.3 Å². The van der Waals surface area contributed by atoms with Crippen LogP contribution >= 0.6 is 24.0 Å². The molecule has 24 heavy (non-hydrogen) atoms. The first-order valence-corrected chi connectivity index (χ1v) is 7.91. The summed E-state index contributed by atoms with van der Waals surface area (Å²) in [5, 5.41) is 9.91. The molecule has 1 fully saturated rings. The van der Waals surface area contributed by atoms with Crippen molar-refractivity contribution in [1.29, 1.82) is 0 Å². The Balaban J connectivity index is 2.33. The summed E-state index contributed by atoms with van der Waals surface area (Å²) in [6, 6.07) is 3.12. The third-order valence-electron chi connectivity index (χ3n) is 3.19. The molecule has 0 atom stereocenters. The Kier molecular flexibility index (Phi) is 5.68. The van der Waals surface area contributed by atoms with Crippen molar-refractivity contribution in [3.05, 3.63) is 22.6 Å². The molecule has 1 saturated heterocycles. The van der Waals surface area contributed by atoms with Gasteiger partial charge in [-0.2, -0.15) is 0 Å². The topological polar surface area (TPSA) is 85.3 Å². The lowest BCUT2D eigenvalue weighted by molar-refractivity contribution is -0.143. The van der Waals surface area contributed by atoms with Crippen LogP contribution in [0.5, 0.6) is 17.2 Å². The molecule has 1 heterocycles. The number of aromatic hydroxyl groups is 1. The maximum Gasteiger partial charge on any atom is 0.325 e. The number of carbonyl (C=O) groups is 2. The van der Waals surface area contributed by atoms with Crippen LogP contribution in [0, 0.1) is 0 Å². The lowest BCUT2D eigenvalue weighted by atomic mass is 10.1. The number of carbonyl (C=O) groups excluding carboxylic acids is 2. The Morgan fingerprint density at radius 2 is 1.88 bits per heavy atom. The zero-order valence-corrected chi connectivity index (χ0v) is 14.8. The van der Waals surface area contributed by atoms with Gasteiger partial charge in [0.15, 0.2) is 11.5 Å². The Morgan fingerprint density at radius 1 is 1.29 bits per heavy atom. The Morgan fingerprint density at radius 3 is 2.38 bits per heavy atom. The van der Waals surface area contributed by atoms with Crippen LogP contribution in [0.3, 0.4) is 0 Å². The normalized spacial score (nSPS) is 15.8. The number of amides is 1. The fourth-order valence-electron chi connectivity index (χ4n) is 1.98. The van der Waals surface area contributed by atoms with E-state index in [1.165, 1.54) is 26.2 Å². The fourth-order valence-corrected chi connectivity index (χ4v) is 3.23. The highest BCUT2D eigenvalue weighted by molar-refractivity contribution is 8.26. The molecule has 1 aliphatic rings. The van der Waals surface area contributed by atoms with E-state index in [9.17, 15) is 14.7 Å². The molecule has 0 bridgehead atoms. The van der Waals surface area contributed by atoms with Gasteiger partial charge in [0, 0.05) is 0 Å². The minimum absolute atomic E-state index is 0.129. The van der Waals surface area contributed by atoms with Crippen LogP contribution in [-0.4, -0.2) is 54.1 Å². The molecule has 9 heteroatoms. The number of esters is 1. The first kappa shape index (κ1) is 18.1. The van der Waals surface area contributed by atoms with Crippen LogP contribution in [0.15, 0.2) is 17.0 Å². The molecule has 1 amide bonds. The highest BCUT2D eigenvalue weighted by Crippen LogP contribution is 2.39. The number of benzene rings is 1. The number of thiocarbonyl (C=S) groups is 1. The van der Waals surface area contributed by atoms with Crippen molar-refractivity contribution in [3.8, 4) is 17.2 Å². The van der Waals surface area contributed by atoms with Crippen LogP contribution in [0.1, 0.15) is 5.56 Å². The van der Waals surface area contributed by atoms with Gasteiger partial charge in [-0.1, -0.05) is 24.0 Å². The minimum atomic E-state index is -0.555. The molecule has 1 aromatic rings. The number of ether oxygens (including phenoxy) is 3. The molecular weight excluding hydrogens is 354 g/mol. The summed E-state index contributed by atoms with van der Waals surface area (Å²) in [5.74, 6) is -0.645. The quantitative estimate of drug-likeness (QED) is 0.478. The standard InChI is InChI=1S/C15H15NO6S2/c1-20-9-4-8(5-10(21-2)13(9)18)6-11-14(19)16(15(23)24-11)7-12(17)22-3/h4-6,18H,7H2,1-3H3/b11-6-.